The van der Waals surface area contributed by atoms with Crippen molar-refractivity contribution in [1.29, 1.82) is 0 Å². The van der Waals surface area contributed by atoms with Crippen LogP contribution in [0.15, 0.2) is 249 Å². The van der Waals surface area contributed by atoms with Crippen molar-refractivity contribution < 1.29 is 11.0 Å². The molecule has 0 radical (unpaired) electrons. The molecule has 0 aliphatic rings. The first-order valence-corrected chi connectivity index (χ1v) is 19.6. The predicted molar refractivity (Wildman–Crippen MR) is 251 cm³/mol. The molecule has 10 aromatic carbocycles. The van der Waals surface area contributed by atoms with E-state index in [1.807, 2.05) is 152 Å². The van der Waals surface area contributed by atoms with Crippen molar-refractivity contribution in [3.05, 3.63) is 249 Å². The van der Waals surface area contributed by atoms with Crippen molar-refractivity contribution in [1.82, 2.24) is 0 Å². The van der Waals surface area contributed by atoms with E-state index < -0.39 is 24.2 Å². The Balaban J connectivity index is 1.20. The summed E-state index contributed by atoms with van der Waals surface area (Å²) in [7, 11) is 0. The lowest BCUT2D eigenvalue weighted by atomic mass is 9.93. The predicted octanol–water partition coefficient (Wildman–Crippen LogP) is 16.3. The molecular weight excluding hydrogens is 711 g/mol. The Hall–Kier alpha value is -7.74. The van der Waals surface area contributed by atoms with Gasteiger partial charge < -0.3 is 4.90 Å². The molecule has 0 aromatic heterocycles. The van der Waals surface area contributed by atoms with Crippen molar-refractivity contribution in [2.24, 2.45) is 0 Å². The van der Waals surface area contributed by atoms with Crippen molar-refractivity contribution in [3.8, 4) is 66.8 Å². The number of rotatable bonds is 9. The minimum Gasteiger partial charge on any atom is -0.310 e. The summed E-state index contributed by atoms with van der Waals surface area (Å²) in [5, 5.41) is 1.62. The third kappa shape index (κ3) is 7.46. The largest absolute Gasteiger partial charge is 0.310 e. The Labute approximate surface area is 358 Å². The Bertz CT molecular complexity index is 3390. The van der Waals surface area contributed by atoms with Crippen LogP contribution in [0.5, 0.6) is 0 Å². The van der Waals surface area contributed by atoms with E-state index in [0.717, 1.165) is 55.3 Å². The number of fused-ring (bicyclic) bond motifs is 1. The molecule has 1 heteroatoms. The number of hydrogen-bond donors (Lipinski definition) is 0. The van der Waals surface area contributed by atoms with Gasteiger partial charge in [-0.15, -0.1) is 0 Å². The average Bonchev–Trinajstić information content (AvgIpc) is 3.38. The van der Waals surface area contributed by atoms with Crippen LogP contribution in [0.1, 0.15) is 11.0 Å². The Morgan fingerprint density at radius 3 is 1.39 bits per heavy atom. The third-order valence-corrected chi connectivity index (χ3v) is 10.6. The maximum atomic E-state index is 9.90. The molecule has 0 heterocycles. The van der Waals surface area contributed by atoms with Gasteiger partial charge in [-0.05, 0) is 138 Å². The van der Waals surface area contributed by atoms with Crippen molar-refractivity contribution in [3.63, 3.8) is 0 Å². The van der Waals surface area contributed by atoms with Crippen LogP contribution in [0.4, 0.5) is 17.1 Å². The van der Waals surface area contributed by atoms with Crippen molar-refractivity contribution in [2.45, 2.75) is 0 Å². The van der Waals surface area contributed by atoms with Gasteiger partial charge in [0.05, 0.1) is 11.0 Å². The standard InChI is InChI=1S/C58H41N/c1-4-15-42(16-5-1)48-23-12-24-49(37-48)45-29-33-54(34-30-45)59(56-26-13-25-50(41-56)58-28-14-22-47-21-10-11-27-57(47)58)55-35-31-46(32-36-55)53-39-51(43-17-6-2-7-18-43)38-52(40-53)44-19-8-3-9-20-44/h1-41H/i13D,25D,26D,31D,32D,35D,36D,41D. The molecule has 0 amide bonds. The highest BCUT2D eigenvalue weighted by molar-refractivity contribution is 5.97. The number of anilines is 3. The van der Waals surface area contributed by atoms with E-state index in [-0.39, 0.29) is 46.7 Å². The average molecular weight is 760 g/mol. The molecule has 0 saturated heterocycles. The van der Waals surface area contributed by atoms with Crippen molar-refractivity contribution in [2.75, 3.05) is 4.90 Å². The summed E-state index contributed by atoms with van der Waals surface area (Å²) in [6.07, 6.45) is 0. The second-order valence-corrected chi connectivity index (χ2v) is 14.3. The van der Waals surface area contributed by atoms with E-state index in [0.29, 0.717) is 16.8 Å². The fraction of sp³-hybridized carbons (Fsp3) is 0. The monoisotopic (exact) mass is 759 g/mol. The van der Waals surface area contributed by atoms with Gasteiger partial charge in [-0.2, -0.15) is 0 Å². The highest BCUT2D eigenvalue weighted by atomic mass is 15.1. The fourth-order valence-electron chi connectivity index (χ4n) is 7.63. The summed E-state index contributed by atoms with van der Waals surface area (Å²) >= 11 is 0. The van der Waals surface area contributed by atoms with E-state index in [1.54, 1.807) is 18.2 Å². The SMILES string of the molecule is [2H]c1c([2H])c(-c2cccc3ccccc23)c([2H])c(N(c2ccc(-c3cccc(-c4ccccc4)c3)cc2)c2c([2H])c([2H])c(-c3cc(-c4ccccc4)cc(-c4ccccc4)c3)c([2H])c2[2H])c1[2H]. The molecule has 0 spiro atoms. The highest BCUT2D eigenvalue weighted by Crippen LogP contribution is 2.40. The second kappa shape index (κ2) is 16.0. The molecule has 0 aliphatic heterocycles. The number of hydrogen-bond acceptors (Lipinski definition) is 1. The van der Waals surface area contributed by atoms with Crippen LogP contribution in [0.2, 0.25) is 0 Å². The Kier molecular flexibility index (Phi) is 7.54. The molecule has 0 unspecified atom stereocenters. The Morgan fingerprint density at radius 1 is 0.288 bits per heavy atom. The minimum atomic E-state index is -0.456. The van der Waals surface area contributed by atoms with E-state index >= 15 is 0 Å². The van der Waals surface area contributed by atoms with Crippen LogP contribution < -0.4 is 4.90 Å². The lowest BCUT2D eigenvalue weighted by Gasteiger charge is -2.26. The first kappa shape index (κ1) is 27.8. The molecule has 0 fully saturated rings. The molecule has 0 atom stereocenters. The van der Waals surface area contributed by atoms with Gasteiger partial charge in [0.25, 0.3) is 0 Å². The normalized spacial score (nSPS) is 12.9. The molecule has 0 bridgehead atoms. The van der Waals surface area contributed by atoms with Crippen LogP contribution in [0, 0.1) is 0 Å². The van der Waals surface area contributed by atoms with E-state index in [2.05, 4.69) is 30.3 Å². The smallest absolute Gasteiger partial charge is 0.0651 e. The second-order valence-electron chi connectivity index (χ2n) is 14.3. The zero-order valence-corrected chi connectivity index (χ0v) is 32.0. The maximum absolute atomic E-state index is 9.90. The van der Waals surface area contributed by atoms with E-state index in [4.69, 9.17) is 0 Å². The molecule has 0 N–H and O–H groups in total. The molecule has 1 nitrogen and oxygen atoms in total. The van der Waals surface area contributed by atoms with Gasteiger partial charge >= 0.3 is 0 Å². The van der Waals surface area contributed by atoms with Crippen molar-refractivity contribution >= 4 is 27.8 Å². The summed E-state index contributed by atoms with van der Waals surface area (Å²) in [6.45, 7) is 0. The molecule has 10 aromatic rings. The topological polar surface area (TPSA) is 3.24 Å². The van der Waals surface area contributed by atoms with Gasteiger partial charge in [0, 0.05) is 17.1 Å². The van der Waals surface area contributed by atoms with Crippen LogP contribution in [0.3, 0.4) is 0 Å². The van der Waals surface area contributed by atoms with Crippen LogP contribution in [-0.4, -0.2) is 0 Å². The Morgan fingerprint density at radius 2 is 0.763 bits per heavy atom. The number of nitrogens with zero attached hydrogens (tertiary/aromatic N) is 1. The zero-order chi connectivity index (χ0) is 46.3. The molecular formula is C58H41N. The highest BCUT2D eigenvalue weighted by Gasteiger charge is 2.16. The van der Waals surface area contributed by atoms with Gasteiger partial charge in [-0.3, -0.25) is 0 Å². The summed E-state index contributed by atoms with van der Waals surface area (Å²) in [5.74, 6) is 0. The van der Waals surface area contributed by atoms with Crippen LogP contribution >= 0.6 is 0 Å². The summed E-state index contributed by atoms with van der Waals surface area (Å²) < 4.78 is 76.7. The molecule has 59 heavy (non-hydrogen) atoms. The maximum Gasteiger partial charge on any atom is 0.0651 e. The lowest BCUT2D eigenvalue weighted by Crippen LogP contribution is -2.10. The fourth-order valence-corrected chi connectivity index (χ4v) is 7.63. The van der Waals surface area contributed by atoms with Crippen LogP contribution in [0.25, 0.3) is 77.5 Å². The quantitative estimate of drug-likeness (QED) is 0.142. The molecule has 278 valence electrons. The van der Waals surface area contributed by atoms with Crippen LogP contribution in [-0.2, 0) is 0 Å². The van der Waals surface area contributed by atoms with Gasteiger partial charge in [-0.1, -0.05) is 188 Å². The summed E-state index contributed by atoms with van der Waals surface area (Å²) in [5.41, 5.74) is 8.67. The third-order valence-electron chi connectivity index (χ3n) is 10.6. The zero-order valence-electron chi connectivity index (χ0n) is 40.0. The van der Waals surface area contributed by atoms with Gasteiger partial charge in [-0.25, -0.2) is 0 Å². The molecule has 10 rings (SSSR count). The van der Waals surface area contributed by atoms with E-state index in [1.165, 1.54) is 4.90 Å². The first-order chi connectivity index (χ1) is 32.6. The summed E-state index contributed by atoms with van der Waals surface area (Å²) in [4.78, 5) is 1.40. The number of benzene rings is 10. The molecule has 0 aliphatic carbocycles. The van der Waals surface area contributed by atoms with Gasteiger partial charge in [0.15, 0.2) is 0 Å². The first-order valence-electron chi connectivity index (χ1n) is 23.6. The lowest BCUT2D eigenvalue weighted by molar-refractivity contribution is 1.28. The van der Waals surface area contributed by atoms with Gasteiger partial charge in [0.1, 0.15) is 0 Å². The van der Waals surface area contributed by atoms with Gasteiger partial charge in [0.2, 0.25) is 0 Å². The minimum absolute atomic E-state index is 0.0960. The van der Waals surface area contributed by atoms with E-state index in [9.17, 15) is 11.0 Å². The molecule has 0 saturated carbocycles. The summed E-state index contributed by atoms with van der Waals surface area (Å²) in [6, 6.07) is 61.2.